The Morgan fingerprint density at radius 3 is 2.30 bits per heavy atom. The standard InChI is InChI=1S/C15H23NO3S/c1-20(18,19)15-8-6-14(7-9-15)16-10-12-4-2-3-5-13(12)11-17/h6-9,12-13,16-17H,2-5,10-11H2,1H3. The first kappa shape index (κ1) is 15.3. The van der Waals surface area contributed by atoms with Crippen LogP contribution < -0.4 is 5.32 Å². The van der Waals surface area contributed by atoms with E-state index in [4.69, 9.17) is 0 Å². The zero-order valence-electron chi connectivity index (χ0n) is 11.9. The highest BCUT2D eigenvalue weighted by molar-refractivity contribution is 7.90. The lowest BCUT2D eigenvalue weighted by Crippen LogP contribution is -2.28. The molecule has 2 rings (SSSR count). The molecule has 20 heavy (non-hydrogen) atoms. The lowest BCUT2D eigenvalue weighted by molar-refractivity contribution is 0.141. The highest BCUT2D eigenvalue weighted by atomic mass is 32.2. The number of nitrogens with one attached hydrogen (secondary N) is 1. The number of hydrogen-bond donors (Lipinski definition) is 2. The maximum Gasteiger partial charge on any atom is 0.175 e. The molecular formula is C15H23NO3S. The van der Waals surface area contributed by atoms with Crippen LogP contribution in [0.1, 0.15) is 25.7 Å². The van der Waals surface area contributed by atoms with Gasteiger partial charge in [-0.15, -0.1) is 0 Å². The third-order valence-corrected chi connectivity index (χ3v) is 5.28. The van der Waals surface area contributed by atoms with Gasteiger partial charge in [0.1, 0.15) is 0 Å². The largest absolute Gasteiger partial charge is 0.396 e. The van der Waals surface area contributed by atoms with Gasteiger partial charge in [0.2, 0.25) is 0 Å². The maximum atomic E-state index is 11.4. The number of anilines is 1. The van der Waals surface area contributed by atoms with Crippen LogP contribution in [0.4, 0.5) is 5.69 Å². The van der Waals surface area contributed by atoms with E-state index >= 15 is 0 Å². The minimum absolute atomic E-state index is 0.263. The van der Waals surface area contributed by atoms with Crippen LogP contribution >= 0.6 is 0 Å². The summed E-state index contributed by atoms with van der Waals surface area (Å²) in [6.07, 6.45) is 5.92. The highest BCUT2D eigenvalue weighted by Crippen LogP contribution is 2.30. The lowest BCUT2D eigenvalue weighted by Gasteiger charge is -2.30. The molecule has 5 heteroatoms. The van der Waals surface area contributed by atoms with Gasteiger partial charge >= 0.3 is 0 Å². The van der Waals surface area contributed by atoms with Crippen LogP contribution in [-0.4, -0.2) is 32.9 Å². The minimum Gasteiger partial charge on any atom is -0.396 e. The number of sulfone groups is 1. The van der Waals surface area contributed by atoms with Crippen molar-refractivity contribution < 1.29 is 13.5 Å². The van der Waals surface area contributed by atoms with Crippen LogP contribution in [0.15, 0.2) is 29.2 Å². The van der Waals surface area contributed by atoms with Crippen molar-refractivity contribution in [3.63, 3.8) is 0 Å². The third kappa shape index (κ3) is 3.96. The van der Waals surface area contributed by atoms with E-state index in [0.717, 1.165) is 25.1 Å². The van der Waals surface area contributed by atoms with Gasteiger partial charge in [-0.1, -0.05) is 12.8 Å². The fourth-order valence-electron chi connectivity index (χ4n) is 2.86. The molecule has 2 N–H and O–H groups in total. The van der Waals surface area contributed by atoms with Gasteiger partial charge in [-0.3, -0.25) is 0 Å². The average molecular weight is 297 g/mol. The van der Waals surface area contributed by atoms with Crippen LogP contribution in [-0.2, 0) is 9.84 Å². The summed E-state index contributed by atoms with van der Waals surface area (Å²) in [5.41, 5.74) is 0.930. The van der Waals surface area contributed by atoms with Gasteiger partial charge in [-0.05, 0) is 48.9 Å². The summed E-state index contributed by atoms with van der Waals surface area (Å²) in [6, 6.07) is 6.85. The Hall–Kier alpha value is -1.07. The van der Waals surface area contributed by atoms with Crippen molar-refractivity contribution >= 4 is 15.5 Å². The summed E-state index contributed by atoms with van der Waals surface area (Å²) >= 11 is 0. The minimum atomic E-state index is -3.13. The number of benzene rings is 1. The van der Waals surface area contributed by atoms with Crippen molar-refractivity contribution in [2.45, 2.75) is 30.6 Å². The molecule has 112 valence electrons. The maximum absolute atomic E-state index is 11.4. The van der Waals surface area contributed by atoms with Crippen molar-refractivity contribution in [3.8, 4) is 0 Å². The predicted octanol–water partition coefficient (Wildman–Crippen LogP) is 2.30. The molecule has 0 amide bonds. The summed E-state index contributed by atoms with van der Waals surface area (Å²) in [6.45, 7) is 1.10. The van der Waals surface area contributed by atoms with E-state index in [1.807, 2.05) is 0 Å². The molecule has 2 unspecified atom stereocenters. The fraction of sp³-hybridized carbons (Fsp3) is 0.600. The van der Waals surface area contributed by atoms with Crippen LogP contribution in [0.2, 0.25) is 0 Å². The van der Waals surface area contributed by atoms with Gasteiger partial charge < -0.3 is 10.4 Å². The molecule has 0 bridgehead atoms. The molecule has 1 aromatic carbocycles. The molecule has 0 aromatic heterocycles. The van der Waals surface area contributed by atoms with E-state index in [1.54, 1.807) is 24.3 Å². The number of aliphatic hydroxyl groups is 1. The molecule has 0 radical (unpaired) electrons. The van der Waals surface area contributed by atoms with Gasteiger partial charge in [-0.25, -0.2) is 8.42 Å². The third-order valence-electron chi connectivity index (χ3n) is 4.15. The molecule has 1 aliphatic rings. The number of rotatable bonds is 5. The second-order valence-corrected chi connectivity index (χ2v) is 7.68. The molecule has 4 nitrogen and oxygen atoms in total. The smallest absolute Gasteiger partial charge is 0.175 e. The van der Waals surface area contributed by atoms with Crippen LogP contribution in [0.25, 0.3) is 0 Å². The van der Waals surface area contributed by atoms with Crippen molar-refractivity contribution in [2.75, 3.05) is 24.7 Å². The van der Waals surface area contributed by atoms with Gasteiger partial charge in [-0.2, -0.15) is 0 Å². The first-order valence-electron chi connectivity index (χ1n) is 7.15. The Bertz CT molecular complexity index is 525. The Morgan fingerprint density at radius 2 is 1.75 bits per heavy atom. The molecule has 1 fully saturated rings. The molecule has 0 saturated heterocycles. The Kier molecular flexibility index (Phi) is 5.05. The normalized spacial score (nSPS) is 23.5. The lowest BCUT2D eigenvalue weighted by atomic mass is 9.79. The van der Waals surface area contributed by atoms with Gasteiger partial charge in [0.05, 0.1) is 4.90 Å². The van der Waals surface area contributed by atoms with E-state index in [1.165, 1.54) is 19.1 Å². The summed E-state index contributed by atoms with van der Waals surface area (Å²) in [5.74, 6) is 0.898. The zero-order chi connectivity index (χ0) is 14.6. The summed E-state index contributed by atoms with van der Waals surface area (Å²) in [7, 11) is -3.13. The van der Waals surface area contributed by atoms with Crippen molar-refractivity contribution in [1.82, 2.24) is 0 Å². The van der Waals surface area contributed by atoms with E-state index < -0.39 is 9.84 Å². The molecule has 1 aromatic rings. The second kappa shape index (κ2) is 6.59. The topological polar surface area (TPSA) is 66.4 Å². The first-order chi connectivity index (χ1) is 9.50. The van der Waals surface area contributed by atoms with Crippen LogP contribution in [0.5, 0.6) is 0 Å². The van der Waals surface area contributed by atoms with Crippen LogP contribution in [0.3, 0.4) is 0 Å². The molecule has 0 spiro atoms. The predicted molar refractivity (Wildman–Crippen MR) is 80.6 cm³/mol. The molecular weight excluding hydrogens is 274 g/mol. The van der Waals surface area contributed by atoms with Gasteiger partial charge in [0, 0.05) is 25.1 Å². The van der Waals surface area contributed by atoms with E-state index in [-0.39, 0.29) is 6.61 Å². The van der Waals surface area contributed by atoms with Crippen LogP contribution in [0, 0.1) is 11.8 Å². The highest BCUT2D eigenvalue weighted by Gasteiger charge is 2.24. The van der Waals surface area contributed by atoms with E-state index in [0.29, 0.717) is 16.7 Å². The molecule has 2 atom stereocenters. The van der Waals surface area contributed by atoms with E-state index in [2.05, 4.69) is 5.32 Å². The number of aliphatic hydroxyl groups excluding tert-OH is 1. The summed E-state index contributed by atoms with van der Waals surface area (Å²) in [4.78, 5) is 0.342. The Balaban J connectivity index is 1.93. The van der Waals surface area contributed by atoms with Crippen molar-refractivity contribution in [1.29, 1.82) is 0 Å². The summed E-state index contributed by atoms with van der Waals surface area (Å²) in [5, 5.41) is 12.7. The molecule has 1 saturated carbocycles. The SMILES string of the molecule is CS(=O)(=O)c1ccc(NCC2CCCCC2CO)cc1. The first-order valence-corrected chi connectivity index (χ1v) is 9.04. The van der Waals surface area contributed by atoms with E-state index in [9.17, 15) is 13.5 Å². The van der Waals surface area contributed by atoms with Crippen molar-refractivity contribution in [3.05, 3.63) is 24.3 Å². The monoisotopic (exact) mass is 297 g/mol. The molecule has 0 aliphatic heterocycles. The van der Waals surface area contributed by atoms with Crippen molar-refractivity contribution in [2.24, 2.45) is 11.8 Å². The Labute approximate surface area is 121 Å². The van der Waals surface area contributed by atoms with Gasteiger partial charge in [0.25, 0.3) is 0 Å². The zero-order valence-corrected chi connectivity index (χ0v) is 12.7. The molecule has 0 heterocycles. The molecule has 1 aliphatic carbocycles. The fourth-order valence-corrected chi connectivity index (χ4v) is 3.49. The average Bonchev–Trinajstić information content (AvgIpc) is 2.45. The quantitative estimate of drug-likeness (QED) is 0.875. The van der Waals surface area contributed by atoms with Gasteiger partial charge in [0.15, 0.2) is 9.84 Å². The summed E-state index contributed by atoms with van der Waals surface area (Å²) < 4.78 is 22.8. The number of hydrogen-bond acceptors (Lipinski definition) is 4. The Morgan fingerprint density at radius 1 is 1.15 bits per heavy atom. The second-order valence-electron chi connectivity index (χ2n) is 5.66.